The first-order valence-corrected chi connectivity index (χ1v) is 5.94. The van der Waals surface area contributed by atoms with Gasteiger partial charge < -0.3 is 15.3 Å². The van der Waals surface area contributed by atoms with Crippen LogP contribution in [0.25, 0.3) is 0 Å². The van der Waals surface area contributed by atoms with Crippen LogP contribution in [0.2, 0.25) is 0 Å². The molecule has 1 aliphatic carbocycles. The van der Waals surface area contributed by atoms with Crippen LogP contribution in [0.15, 0.2) is 30.3 Å². The van der Waals surface area contributed by atoms with Crippen molar-refractivity contribution < 1.29 is 24.9 Å². The van der Waals surface area contributed by atoms with Crippen LogP contribution in [-0.4, -0.2) is 26.9 Å². The van der Waals surface area contributed by atoms with E-state index < -0.39 is 11.6 Å². The van der Waals surface area contributed by atoms with Gasteiger partial charge in [0.2, 0.25) is 0 Å². The van der Waals surface area contributed by atoms with Crippen LogP contribution >= 0.6 is 0 Å². The second-order valence-corrected chi connectivity index (χ2v) is 4.59. The molecule has 5 heteroatoms. The van der Waals surface area contributed by atoms with Crippen molar-refractivity contribution in [2.45, 2.75) is 6.42 Å². The number of phenols is 3. The third-order valence-corrected chi connectivity index (χ3v) is 3.40. The van der Waals surface area contributed by atoms with E-state index in [9.17, 15) is 24.9 Å². The number of aromatic hydroxyl groups is 3. The Morgan fingerprint density at radius 1 is 0.800 bits per heavy atom. The Balaban J connectivity index is 2.38. The Labute approximate surface area is 113 Å². The van der Waals surface area contributed by atoms with E-state index in [4.69, 9.17) is 0 Å². The van der Waals surface area contributed by atoms with Gasteiger partial charge in [0.05, 0.1) is 11.1 Å². The summed E-state index contributed by atoms with van der Waals surface area (Å²) in [5.41, 5.74) is -0.0690. The van der Waals surface area contributed by atoms with Crippen molar-refractivity contribution in [2.24, 2.45) is 0 Å². The number of carbonyl (C=O) groups excluding carboxylic acids is 2. The number of ketones is 2. The summed E-state index contributed by atoms with van der Waals surface area (Å²) in [5.74, 6) is -1.89. The largest absolute Gasteiger partial charge is 0.508 e. The van der Waals surface area contributed by atoms with Crippen molar-refractivity contribution in [3.8, 4) is 17.2 Å². The van der Waals surface area contributed by atoms with E-state index in [1.54, 1.807) is 0 Å². The minimum absolute atomic E-state index is 0.0228. The summed E-state index contributed by atoms with van der Waals surface area (Å²) < 4.78 is 0. The SMILES string of the molecule is O=C1Cc2c(O)ccc(O)c2C(=O)c2cccc(O)c21. The van der Waals surface area contributed by atoms with Crippen molar-refractivity contribution >= 4 is 11.6 Å². The van der Waals surface area contributed by atoms with Gasteiger partial charge in [-0.15, -0.1) is 0 Å². The maximum Gasteiger partial charge on any atom is 0.198 e. The zero-order valence-corrected chi connectivity index (χ0v) is 10.3. The van der Waals surface area contributed by atoms with Crippen LogP contribution in [0.3, 0.4) is 0 Å². The first-order chi connectivity index (χ1) is 9.50. The quantitative estimate of drug-likeness (QED) is 0.634. The molecule has 0 saturated carbocycles. The number of benzene rings is 2. The summed E-state index contributed by atoms with van der Waals surface area (Å²) >= 11 is 0. The van der Waals surface area contributed by atoms with E-state index in [2.05, 4.69) is 0 Å². The number of hydrogen-bond donors (Lipinski definition) is 3. The van der Waals surface area contributed by atoms with Gasteiger partial charge in [0, 0.05) is 17.5 Å². The van der Waals surface area contributed by atoms with Gasteiger partial charge in [0.15, 0.2) is 11.6 Å². The van der Waals surface area contributed by atoms with Crippen molar-refractivity contribution in [3.05, 3.63) is 52.6 Å². The lowest BCUT2D eigenvalue weighted by atomic mass is 9.97. The molecule has 2 aromatic carbocycles. The van der Waals surface area contributed by atoms with Crippen molar-refractivity contribution in [2.75, 3.05) is 0 Å². The molecule has 0 amide bonds. The highest BCUT2D eigenvalue weighted by Gasteiger charge is 2.31. The van der Waals surface area contributed by atoms with Crippen LogP contribution in [0, 0.1) is 0 Å². The minimum atomic E-state index is -0.592. The molecule has 0 radical (unpaired) electrons. The van der Waals surface area contributed by atoms with Gasteiger partial charge in [0.25, 0.3) is 0 Å². The van der Waals surface area contributed by atoms with Crippen molar-refractivity contribution in [3.63, 3.8) is 0 Å². The molecule has 0 saturated heterocycles. The van der Waals surface area contributed by atoms with Gasteiger partial charge in [-0.1, -0.05) is 12.1 Å². The lowest BCUT2D eigenvalue weighted by Gasteiger charge is -2.08. The Hall–Kier alpha value is -2.82. The standard InChI is InChI=1S/C15H10O5/c16-9-4-5-11(18)14-8(9)6-12(19)13-7(15(14)20)2-1-3-10(13)17/h1-5,16-18H,6H2. The second kappa shape index (κ2) is 4.09. The van der Waals surface area contributed by atoms with E-state index in [1.165, 1.54) is 30.3 Å². The predicted octanol–water partition coefficient (Wildman–Crippen LogP) is 1.77. The van der Waals surface area contributed by atoms with Crippen LogP contribution in [-0.2, 0) is 6.42 Å². The molecule has 0 spiro atoms. The number of fused-ring (bicyclic) bond motifs is 2. The third kappa shape index (κ3) is 1.56. The highest BCUT2D eigenvalue weighted by Crippen LogP contribution is 2.37. The monoisotopic (exact) mass is 270 g/mol. The summed E-state index contributed by atoms with van der Waals surface area (Å²) in [6.45, 7) is 0. The smallest absolute Gasteiger partial charge is 0.198 e. The van der Waals surface area contributed by atoms with Gasteiger partial charge in [-0.2, -0.15) is 0 Å². The third-order valence-electron chi connectivity index (χ3n) is 3.40. The number of Topliss-reactive ketones (excluding diaryl/α,β-unsaturated/α-hetero) is 1. The molecule has 100 valence electrons. The lowest BCUT2D eigenvalue weighted by Crippen LogP contribution is -2.06. The molecule has 20 heavy (non-hydrogen) atoms. The van der Waals surface area contributed by atoms with Crippen LogP contribution in [0.1, 0.15) is 31.8 Å². The second-order valence-electron chi connectivity index (χ2n) is 4.59. The van der Waals surface area contributed by atoms with Crippen LogP contribution in [0.4, 0.5) is 0 Å². The topological polar surface area (TPSA) is 94.8 Å². The van der Waals surface area contributed by atoms with Crippen molar-refractivity contribution in [1.29, 1.82) is 0 Å². The molecule has 5 nitrogen and oxygen atoms in total. The normalized spacial score (nSPS) is 13.6. The summed E-state index contributed by atoms with van der Waals surface area (Å²) in [5, 5.41) is 29.5. The van der Waals surface area contributed by atoms with Gasteiger partial charge in [-0.05, 0) is 18.2 Å². The summed E-state index contributed by atoms with van der Waals surface area (Å²) in [6.07, 6.45) is -0.258. The highest BCUT2D eigenvalue weighted by molar-refractivity contribution is 6.21. The lowest BCUT2D eigenvalue weighted by molar-refractivity contribution is 0.0981. The molecule has 2 aromatic rings. The molecular weight excluding hydrogens is 260 g/mol. The zero-order chi connectivity index (χ0) is 14.4. The first-order valence-electron chi connectivity index (χ1n) is 5.94. The molecular formula is C15H10O5. The number of rotatable bonds is 0. The molecule has 3 rings (SSSR count). The Kier molecular flexibility index (Phi) is 2.50. The zero-order valence-electron chi connectivity index (χ0n) is 10.3. The fourth-order valence-corrected chi connectivity index (χ4v) is 2.46. The molecule has 0 heterocycles. The molecule has 0 aromatic heterocycles. The highest BCUT2D eigenvalue weighted by atomic mass is 16.3. The summed E-state index contributed by atoms with van der Waals surface area (Å²) in [7, 11) is 0. The predicted molar refractivity (Wildman–Crippen MR) is 69.3 cm³/mol. The van der Waals surface area contributed by atoms with E-state index in [0.29, 0.717) is 0 Å². The van der Waals surface area contributed by atoms with Crippen LogP contribution < -0.4 is 0 Å². The van der Waals surface area contributed by atoms with Crippen molar-refractivity contribution in [1.82, 2.24) is 0 Å². The van der Waals surface area contributed by atoms with E-state index >= 15 is 0 Å². The Bertz CT molecular complexity index is 761. The minimum Gasteiger partial charge on any atom is -0.508 e. The van der Waals surface area contributed by atoms with E-state index in [1.807, 2.05) is 0 Å². The fraction of sp³-hybridized carbons (Fsp3) is 0.0667. The average Bonchev–Trinajstić information content (AvgIpc) is 2.52. The molecule has 0 aliphatic heterocycles. The van der Waals surface area contributed by atoms with Gasteiger partial charge >= 0.3 is 0 Å². The number of phenolic OH excluding ortho intramolecular Hbond substituents is 3. The molecule has 1 aliphatic rings. The van der Waals surface area contributed by atoms with Gasteiger partial charge in [-0.25, -0.2) is 0 Å². The molecule has 0 unspecified atom stereocenters. The maximum absolute atomic E-state index is 12.5. The van der Waals surface area contributed by atoms with Gasteiger partial charge in [0.1, 0.15) is 17.2 Å². The number of carbonyl (C=O) groups is 2. The Morgan fingerprint density at radius 3 is 2.20 bits per heavy atom. The number of hydrogen-bond acceptors (Lipinski definition) is 5. The molecule has 0 atom stereocenters. The van der Waals surface area contributed by atoms with Crippen LogP contribution in [0.5, 0.6) is 17.2 Å². The fourth-order valence-electron chi connectivity index (χ4n) is 2.46. The summed E-state index contributed by atoms with van der Waals surface area (Å²) in [6, 6.07) is 6.60. The Morgan fingerprint density at radius 2 is 1.45 bits per heavy atom. The molecule has 0 bridgehead atoms. The van der Waals surface area contributed by atoms with E-state index in [0.717, 1.165) is 0 Å². The average molecular weight is 270 g/mol. The summed E-state index contributed by atoms with van der Waals surface area (Å²) in [4.78, 5) is 24.7. The van der Waals surface area contributed by atoms with E-state index in [-0.39, 0.29) is 45.9 Å². The molecule has 3 N–H and O–H groups in total. The first kappa shape index (κ1) is 12.2. The molecule has 0 fully saturated rings. The van der Waals surface area contributed by atoms with Gasteiger partial charge in [-0.3, -0.25) is 9.59 Å². The maximum atomic E-state index is 12.5.